The van der Waals surface area contributed by atoms with Crippen LogP contribution >= 0.6 is 23.4 Å². The zero-order valence-electron chi connectivity index (χ0n) is 14.8. The molecule has 2 aromatic carbocycles. The van der Waals surface area contributed by atoms with Crippen LogP contribution in [0.2, 0.25) is 5.02 Å². The lowest BCUT2D eigenvalue weighted by atomic mass is 10.2. The number of carbonyl (C=O) groups is 1. The summed E-state index contributed by atoms with van der Waals surface area (Å²) in [5.41, 5.74) is 2.05. The number of carbonyl (C=O) groups excluding carboxylic acids is 1. The molecule has 0 bridgehead atoms. The van der Waals surface area contributed by atoms with E-state index in [0.29, 0.717) is 23.1 Å². The summed E-state index contributed by atoms with van der Waals surface area (Å²) < 4.78 is 10.4. The van der Waals surface area contributed by atoms with Crippen molar-refractivity contribution in [3.63, 3.8) is 0 Å². The Bertz CT molecular complexity index is 750. The number of hydrogen-bond donors (Lipinski definition) is 1. The van der Waals surface area contributed by atoms with E-state index in [0.717, 1.165) is 17.1 Å². The van der Waals surface area contributed by atoms with E-state index in [4.69, 9.17) is 21.1 Å². The van der Waals surface area contributed by atoms with Crippen molar-refractivity contribution in [2.45, 2.75) is 5.75 Å². The minimum Gasteiger partial charge on any atom is -0.493 e. The molecule has 1 amide bonds. The van der Waals surface area contributed by atoms with Crippen LogP contribution in [0.15, 0.2) is 48.5 Å². The molecule has 0 fully saturated rings. The molecule has 0 heterocycles. The molecule has 0 aromatic heterocycles. The summed E-state index contributed by atoms with van der Waals surface area (Å²) in [6, 6.07) is 13.8. The van der Waals surface area contributed by atoms with Crippen molar-refractivity contribution in [1.82, 2.24) is 5.32 Å². The Morgan fingerprint density at radius 1 is 1.19 bits per heavy atom. The van der Waals surface area contributed by atoms with Gasteiger partial charge in [0.1, 0.15) is 0 Å². The Morgan fingerprint density at radius 3 is 2.65 bits per heavy atom. The molecule has 0 saturated carbocycles. The molecule has 2 rings (SSSR count). The fourth-order valence-corrected chi connectivity index (χ4v) is 3.39. The third-order valence-electron chi connectivity index (χ3n) is 3.54. The van der Waals surface area contributed by atoms with Crippen LogP contribution in [-0.4, -0.2) is 32.4 Å². The first-order chi connectivity index (χ1) is 12.6. The van der Waals surface area contributed by atoms with Gasteiger partial charge in [0.2, 0.25) is 5.91 Å². The first-order valence-corrected chi connectivity index (χ1v) is 9.66. The second-order valence-corrected chi connectivity index (χ2v) is 6.91. The van der Waals surface area contributed by atoms with E-state index in [9.17, 15) is 4.79 Å². The molecule has 0 aliphatic heterocycles. The predicted octanol–water partition coefficient (Wildman–Crippen LogP) is 4.42. The van der Waals surface area contributed by atoms with E-state index in [1.807, 2.05) is 18.2 Å². The maximum Gasteiger partial charge on any atom is 0.244 e. The van der Waals surface area contributed by atoms with Gasteiger partial charge in [0.05, 0.1) is 19.2 Å². The van der Waals surface area contributed by atoms with E-state index in [1.54, 1.807) is 37.1 Å². The van der Waals surface area contributed by atoms with E-state index in [2.05, 4.69) is 17.4 Å². The van der Waals surface area contributed by atoms with E-state index in [-0.39, 0.29) is 5.91 Å². The predicted molar refractivity (Wildman–Crippen MR) is 109 cm³/mol. The van der Waals surface area contributed by atoms with E-state index < -0.39 is 0 Å². The molecule has 0 atom stereocenters. The molecular formula is C20H22ClNO3S. The minimum absolute atomic E-state index is 0.142. The number of nitrogens with one attached hydrogen (secondary N) is 1. The van der Waals surface area contributed by atoms with Crippen LogP contribution in [0.3, 0.4) is 0 Å². The summed E-state index contributed by atoms with van der Waals surface area (Å²) in [4.78, 5) is 11.9. The van der Waals surface area contributed by atoms with Gasteiger partial charge in [-0.05, 0) is 29.3 Å². The molecule has 0 radical (unpaired) electrons. The molecule has 0 unspecified atom stereocenters. The number of benzene rings is 2. The van der Waals surface area contributed by atoms with Crippen LogP contribution in [-0.2, 0) is 10.5 Å². The van der Waals surface area contributed by atoms with Gasteiger partial charge in [-0.2, -0.15) is 11.8 Å². The number of rotatable bonds is 9. The highest BCUT2D eigenvalue weighted by molar-refractivity contribution is 7.98. The summed E-state index contributed by atoms with van der Waals surface area (Å²) in [6.07, 6.45) is 3.18. The molecule has 138 valence electrons. The molecule has 0 spiro atoms. The second-order valence-electron chi connectivity index (χ2n) is 5.40. The van der Waals surface area contributed by atoms with Crippen LogP contribution in [0.4, 0.5) is 0 Å². The third-order valence-corrected chi connectivity index (χ3v) is 4.85. The highest BCUT2D eigenvalue weighted by Crippen LogP contribution is 2.36. The lowest BCUT2D eigenvalue weighted by Gasteiger charge is -2.10. The summed E-state index contributed by atoms with van der Waals surface area (Å²) in [6.45, 7) is 0.618. The summed E-state index contributed by atoms with van der Waals surface area (Å²) in [5, 5.41) is 3.30. The Kier molecular flexibility index (Phi) is 8.38. The van der Waals surface area contributed by atoms with E-state index in [1.165, 1.54) is 18.7 Å². The smallest absolute Gasteiger partial charge is 0.244 e. The monoisotopic (exact) mass is 391 g/mol. The average Bonchev–Trinajstić information content (AvgIpc) is 2.66. The summed E-state index contributed by atoms with van der Waals surface area (Å²) in [7, 11) is 3.07. The third kappa shape index (κ3) is 6.32. The molecule has 1 N–H and O–H groups in total. The standard InChI is InChI=1S/C20H22ClNO3S/c1-24-18-13-16(12-17(21)20(18)25-2)8-9-19(23)22-10-11-26-14-15-6-4-3-5-7-15/h3-9,12-13H,10-11,14H2,1-2H3,(H,22,23)/b9-8+. The molecule has 0 aliphatic rings. The zero-order valence-corrected chi connectivity index (χ0v) is 16.4. The lowest BCUT2D eigenvalue weighted by Crippen LogP contribution is -2.23. The summed E-state index contributed by atoms with van der Waals surface area (Å²) in [5.74, 6) is 2.66. The fraction of sp³-hybridized carbons (Fsp3) is 0.250. The molecule has 0 aliphatic carbocycles. The van der Waals surface area contributed by atoms with Gasteiger partial charge in [-0.15, -0.1) is 0 Å². The molecule has 2 aromatic rings. The normalized spacial score (nSPS) is 10.7. The molecular weight excluding hydrogens is 370 g/mol. The van der Waals surface area contributed by atoms with Gasteiger partial charge in [0.25, 0.3) is 0 Å². The van der Waals surface area contributed by atoms with Crippen molar-refractivity contribution < 1.29 is 14.3 Å². The number of amides is 1. The Labute approximate surface area is 163 Å². The van der Waals surface area contributed by atoms with Crippen molar-refractivity contribution in [2.24, 2.45) is 0 Å². The maximum absolute atomic E-state index is 11.9. The highest BCUT2D eigenvalue weighted by Gasteiger charge is 2.09. The summed E-state index contributed by atoms with van der Waals surface area (Å²) >= 11 is 7.94. The van der Waals surface area contributed by atoms with E-state index >= 15 is 0 Å². The van der Waals surface area contributed by atoms with Gasteiger partial charge in [-0.1, -0.05) is 41.9 Å². The first-order valence-electron chi connectivity index (χ1n) is 8.13. The number of methoxy groups -OCH3 is 2. The van der Waals surface area contributed by atoms with Crippen LogP contribution in [0, 0.1) is 0 Å². The topological polar surface area (TPSA) is 47.6 Å². The highest BCUT2D eigenvalue weighted by atomic mass is 35.5. The maximum atomic E-state index is 11.9. The molecule has 0 saturated heterocycles. The first kappa shape index (κ1) is 20.2. The quantitative estimate of drug-likeness (QED) is 0.507. The van der Waals surface area contributed by atoms with Gasteiger partial charge in [0.15, 0.2) is 11.5 Å². The number of hydrogen-bond acceptors (Lipinski definition) is 4. The van der Waals surface area contributed by atoms with Crippen molar-refractivity contribution in [2.75, 3.05) is 26.5 Å². The van der Waals surface area contributed by atoms with Gasteiger partial charge in [-0.3, -0.25) is 4.79 Å². The second kappa shape index (κ2) is 10.8. The molecule has 26 heavy (non-hydrogen) atoms. The Balaban J connectivity index is 1.77. The van der Waals surface area contributed by atoms with Crippen LogP contribution in [0.1, 0.15) is 11.1 Å². The number of ether oxygens (including phenoxy) is 2. The fourth-order valence-electron chi connectivity index (χ4n) is 2.28. The SMILES string of the molecule is COc1cc(/C=C/C(=O)NCCSCc2ccccc2)cc(Cl)c1OC. The zero-order chi connectivity index (χ0) is 18.8. The molecule has 6 heteroatoms. The van der Waals surface area contributed by atoms with Crippen LogP contribution < -0.4 is 14.8 Å². The number of halogens is 1. The van der Waals surface area contributed by atoms with Gasteiger partial charge < -0.3 is 14.8 Å². The van der Waals surface area contributed by atoms with Crippen molar-refractivity contribution >= 4 is 35.3 Å². The average molecular weight is 392 g/mol. The van der Waals surface area contributed by atoms with Gasteiger partial charge in [-0.25, -0.2) is 0 Å². The van der Waals surface area contributed by atoms with Crippen LogP contribution in [0.5, 0.6) is 11.5 Å². The van der Waals surface area contributed by atoms with Gasteiger partial charge in [0, 0.05) is 24.1 Å². The minimum atomic E-state index is -0.142. The Hall–Kier alpha value is -2.11. The lowest BCUT2D eigenvalue weighted by molar-refractivity contribution is -0.116. The van der Waals surface area contributed by atoms with Crippen molar-refractivity contribution in [3.05, 3.63) is 64.7 Å². The van der Waals surface area contributed by atoms with Crippen molar-refractivity contribution in [1.29, 1.82) is 0 Å². The Morgan fingerprint density at radius 2 is 1.96 bits per heavy atom. The largest absolute Gasteiger partial charge is 0.493 e. The number of thioether (sulfide) groups is 1. The molecule has 4 nitrogen and oxygen atoms in total. The van der Waals surface area contributed by atoms with Gasteiger partial charge >= 0.3 is 0 Å². The van der Waals surface area contributed by atoms with Crippen LogP contribution in [0.25, 0.3) is 6.08 Å². The van der Waals surface area contributed by atoms with Crippen molar-refractivity contribution in [3.8, 4) is 11.5 Å².